The Bertz CT molecular complexity index is 799. The number of ether oxygens (including phenoxy) is 2. The summed E-state index contributed by atoms with van der Waals surface area (Å²) in [5.41, 5.74) is 1.60. The lowest BCUT2D eigenvalue weighted by Gasteiger charge is -2.18. The highest BCUT2D eigenvalue weighted by molar-refractivity contribution is 14.1. The van der Waals surface area contributed by atoms with Crippen LogP contribution in [-0.4, -0.2) is 43.7 Å². The number of hydrogen-bond acceptors (Lipinski definition) is 4. The fourth-order valence-electron chi connectivity index (χ4n) is 2.64. The number of rotatable bonds is 10. The van der Waals surface area contributed by atoms with Gasteiger partial charge < -0.3 is 19.7 Å². The molecule has 0 radical (unpaired) electrons. The summed E-state index contributed by atoms with van der Waals surface area (Å²) in [5, 5.41) is 3.25. The average molecular weight is 581 g/mol. The van der Waals surface area contributed by atoms with Crippen LogP contribution >= 0.6 is 34.2 Å². The normalized spacial score (nSPS) is 9.44. The molecule has 0 heterocycles. The molecule has 1 amide bonds. The van der Waals surface area contributed by atoms with Crippen LogP contribution < -0.4 is 14.8 Å². The number of carbonyl (C=O) groups is 1. The second-order valence-corrected chi connectivity index (χ2v) is 7.92. The molecule has 0 aliphatic heterocycles. The number of nitrogens with zero attached hydrogens (tertiary/aromatic N) is 1. The van der Waals surface area contributed by atoms with E-state index in [-0.39, 0.29) is 42.2 Å². The Morgan fingerprint density at radius 3 is 2.19 bits per heavy atom. The molecular weight excluding hydrogens is 539 g/mol. The minimum Gasteiger partial charge on any atom is -0.491 e. The number of aryl methyl sites for hydroxylation is 1. The molecule has 184 valence electrons. The van der Waals surface area contributed by atoms with Gasteiger partial charge in [-0.1, -0.05) is 55.2 Å². The van der Waals surface area contributed by atoms with Gasteiger partial charge in [0.2, 0.25) is 0 Å². The third-order valence-electron chi connectivity index (χ3n) is 4.27. The Morgan fingerprint density at radius 1 is 1.00 bits per heavy atom. The van der Waals surface area contributed by atoms with Gasteiger partial charge in [0.25, 0.3) is 5.91 Å². The summed E-state index contributed by atoms with van der Waals surface area (Å²) in [6.45, 7) is 9.52. The molecule has 0 spiro atoms. The quantitative estimate of drug-likeness (QED) is 0.295. The van der Waals surface area contributed by atoms with E-state index in [2.05, 4.69) is 46.7 Å². The lowest BCUT2D eigenvalue weighted by molar-refractivity contribution is -0.118. The van der Waals surface area contributed by atoms with Crippen molar-refractivity contribution in [2.45, 2.75) is 50.5 Å². The van der Waals surface area contributed by atoms with E-state index in [0.717, 1.165) is 28.8 Å². The Labute approximate surface area is 215 Å². The number of anilines is 1. The van der Waals surface area contributed by atoms with Crippen LogP contribution in [0.2, 0.25) is 5.02 Å². The molecule has 0 aliphatic carbocycles. The van der Waals surface area contributed by atoms with Crippen molar-refractivity contribution in [1.82, 2.24) is 4.90 Å². The van der Waals surface area contributed by atoms with E-state index >= 15 is 0 Å². The van der Waals surface area contributed by atoms with Crippen LogP contribution in [0.25, 0.3) is 0 Å². The number of carbonyl (C=O) groups excluding carboxylic acids is 1. The summed E-state index contributed by atoms with van der Waals surface area (Å²) >= 11 is 8.52. The molecule has 1 N–H and O–H groups in total. The van der Waals surface area contributed by atoms with Gasteiger partial charge in [-0.15, -0.1) is 0 Å². The molecule has 0 unspecified atom stereocenters. The summed E-state index contributed by atoms with van der Waals surface area (Å²) in [5.74, 6) is 1.06. The molecule has 0 bridgehead atoms. The van der Waals surface area contributed by atoms with Gasteiger partial charge in [-0.2, -0.15) is 0 Å². The molecule has 0 fully saturated rings. The van der Waals surface area contributed by atoms with Crippen molar-refractivity contribution in [3.8, 4) is 11.5 Å². The lowest BCUT2D eigenvalue weighted by Crippen LogP contribution is -2.27. The van der Waals surface area contributed by atoms with E-state index in [0.29, 0.717) is 28.8 Å². The van der Waals surface area contributed by atoms with Gasteiger partial charge in [0, 0.05) is 15.8 Å². The number of amides is 1. The van der Waals surface area contributed by atoms with Crippen LogP contribution in [-0.2, 0) is 4.79 Å². The third kappa shape index (κ3) is 11.4. The summed E-state index contributed by atoms with van der Waals surface area (Å²) in [7, 11) is 0. The van der Waals surface area contributed by atoms with Crippen LogP contribution in [0.5, 0.6) is 11.5 Å². The number of likely N-dealkylation sites (N-methyl/N-ethyl adjacent to an activating group) is 1. The monoisotopic (exact) mass is 580 g/mol. The van der Waals surface area contributed by atoms with Crippen molar-refractivity contribution in [2.75, 3.05) is 38.2 Å². The second kappa shape index (κ2) is 18.0. The Morgan fingerprint density at radius 2 is 1.62 bits per heavy atom. The highest BCUT2D eigenvalue weighted by Crippen LogP contribution is 2.28. The number of nitrogens with one attached hydrogen (secondary N) is 1. The number of benzene rings is 2. The van der Waals surface area contributed by atoms with Crippen LogP contribution in [0.1, 0.15) is 49.1 Å². The van der Waals surface area contributed by atoms with Crippen molar-refractivity contribution in [3.63, 3.8) is 0 Å². The molecule has 2 aromatic carbocycles. The highest BCUT2D eigenvalue weighted by Gasteiger charge is 2.09. The predicted octanol–water partition coefficient (Wildman–Crippen LogP) is 7.54. The van der Waals surface area contributed by atoms with Crippen LogP contribution in [0, 0.1) is 10.5 Å². The predicted molar refractivity (Wildman–Crippen MR) is 150 cm³/mol. The molecular formula is C25H42ClIN2O3. The van der Waals surface area contributed by atoms with Gasteiger partial charge in [-0.05, 0) is 84.6 Å². The molecule has 32 heavy (non-hydrogen) atoms. The molecule has 0 aliphatic rings. The van der Waals surface area contributed by atoms with Gasteiger partial charge in [-0.25, -0.2) is 0 Å². The van der Waals surface area contributed by atoms with Crippen molar-refractivity contribution in [3.05, 3.63) is 50.6 Å². The largest absolute Gasteiger partial charge is 0.491 e. The Kier molecular flexibility index (Phi) is 19.7. The molecule has 0 atom stereocenters. The molecule has 0 aromatic heterocycles. The first-order valence-corrected chi connectivity index (χ1v) is 10.7. The third-order valence-corrected chi connectivity index (χ3v) is 5.24. The maximum atomic E-state index is 12.2. The standard InChI is InChI=1S/C21H26ClIN2O3.4CH4/c1-4-25(5-2)10-11-27-20-9-7-17(13-18(20)22)24-21(26)14-28-19-8-6-16(23)12-15(19)3;;;;/h6-9,12-13H,4-5,10-11,14H2,1-3H3,(H,24,26);4*1H4. The molecule has 7 heteroatoms. The fraction of sp³-hybridized carbons (Fsp3) is 0.480. The zero-order chi connectivity index (χ0) is 20.5. The molecule has 2 aromatic rings. The van der Waals surface area contributed by atoms with E-state index in [1.54, 1.807) is 18.2 Å². The van der Waals surface area contributed by atoms with Gasteiger partial charge in [0.1, 0.15) is 18.1 Å². The van der Waals surface area contributed by atoms with Crippen LogP contribution in [0.3, 0.4) is 0 Å². The van der Waals surface area contributed by atoms with Gasteiger partial charge in [-0.3, -0.25) is 4.79 Å². The van der Waals surface area contributed by atoms with Crippen molar-refractivity contribution in [2.24, 2.45) is 0 Å². The Balaban J connectivity index is -0.00000210. The zero-order valence-corrected chi connectivity index (χ0v) is 19.3. The molecule has 2 rings (SSSR count). The van der Waals surface area contributed by atoms with E-state index in [1.807, 2.05) is 25.1 Å². The smallest absolute Gasteiger partial charge is 0.262 e. The summed E-state index contributed by atoms with van der Waals surface area (Å²) in [6, 6.07) is 11.0. The summed E-state index contributed by atoms with van der Waals surface area (Å²) < 4.78 is 12.5. The van der Waals surface area contributed by atoms with Gasteiger partial charge >= 0.3 is 0 Å². The minimum absolute atomic E-state index is 0. The summed E-state index contributed by atoms with van der Waals surface area (Å²) in [6.07, 6.45) is 0. The molecule has 0 saturated carbocycles. The Hall–Kier alpha value is -1.51. The number of hydrogen-bond donors (Lipinski definition) is 1. The molecule has 0 saturated heterocycles. The zero-order valence-electron chi connectivity index (χ0n) is 16.4. The lowest BCUT2D eigenvalue weighted by atomic mass is 10.2. The highest BCUT2D eigenvalue weighted by atomic mass is 127. The number of halogens is 2. The van der Waals surface area contributed by atoms with Crippen molar-refractivity contribution in [1.29, 1.82) is 0 Å². The van der Waals surface area contributed by atoms with Gasteiger partial charge in [0.05, 0.1) is 5.02 Å². The maximum absolute atomic E-state index is 12.2. The first kappa shape index (κ1) is 35.1. The van der Waals surface area contributed by atoms with Crippen molar-refractivity contribution < 1.29 is 14.3 Å². The van der Waals surface area contributed by atoms with Crippen LogP contribution in [0.15, 0.2) is 36.4 Å². The van der Waals surface area contributed by atoms with Gasteiger partial charge in [0.15, 0.2) is 6.61 Å². The van der Waals surface area contributed by atoms with E-state index < -0.39 is 0 Å². The first-order valence-electron chi connectivity index (χ1n) is 9.26. The fourth-order valence-corrected chi connectivity index (χ4v) is 3.52. The topological polar surface area (TPSA) is 50.8 Å². The summed E-state index contributed by atoms with van der Waals surface area (Å²) in [4.78, 5) is 14.4. The average Bonchev–Trinajstić information content (AvgIpc) is 2.66. The van der Waals surface area contributed by atoms with E-state index in [9.17, 15) is 4.79 Å². The van der Waals surface area contributed by atoms with Crippen LogP contribution in [0.4, 0.5) is 5.69 Å². The maximum Gasteiger partial charge on any atom is 0.262 e. The van der Waals surface area contributed by atoms with E-state index in [4.69, 9.17) is 21.1 Å². The first-order chi connectivity index (χ1) is 13.4. The minimum atomic E-state index is -0.246. The van der Waals surface area contributed by atoms with Crippen molar-refractivity contribution >= 4 is 45.8 Å². The SMILES string of the molecule is C.C.C.C.CCN(CC)CCOc1ccc(NC(=O)COc2ccc(I)cc2C)cc1Cl. The van der Waals surface area contributed by atoms with E-state index in [1.165, 1.54) is 0 Å². The second-order valence-electron chi connectivity index (χ2n) is 6.27. The molecule has 5 nitrogen and oxygen atoms in total.